The van der Waals surface area contributed by atoms with Crippen molar-refractivity contribution < 1.29 is 9.72 Å². The van der Waals surface area contributed by atoms with Crippen molar-refractivity contribution >= 4 is 29.9 Å². The third kappa shape index (κ3) is 2.52. The first-order chi connectivity index (χ1) is 10.0. The summed E-state index contributed by atoms with van der Waals surface area (Å²) in [5.41, 5.74) is 1.75. The number of rotatable bonds is 4. The van der Waals surface area contributed by atoms with Gasteiger partial charge in [0.25, 0.3) is 5.69 Å². The summed E-state index contributed by atoms with van der Waals surface area (Å²) in [7, 11) is 0. The molecule has 0 saturated heterocycles. The van der Waals surface area contributed by atoms with E-state index < -0.39 is 4.92 Å². The quantitative estimate of drug-likeness (QED) is 0.528. The van der Waals surface area contributed by atoms with Crippen LogP contribution in [0.3, 0.4) is 0 Å². The zero-order chi connectivity index (χ0) is 15.0. The van der Waals surface area contributed by atoms with E-state index in [0.717, 1.165) is 29.8 Å². The number of fused-ring (bicyclic) bond motifs is 1. The Balaban J connectivity index is 1.88. The number of nitrogens with zero attached hydrogens (tertiary/aromatic N) is 2. The Morgan fingerprint density at radius 2 is 2.05 bits per heavy atom. The minimum Gasteiger partial charge on any atom is -0.311 e. The number of nitro groups is 1. The fourth-order valence-electron chi connectivity index (χ4n) is 3.48. The van der Waals surface area contributed by atoms with Gasteiger partial charge in [0.1, 0.15) is 0 Å². The highest BCUT2D eigenvalue weighted by Gasteiger charge is 2.39. The van der Waals surface area contributed by atoms with Crippen LogP contribution in [0.4, 0.5) is 11.4 Å². The molecule has 1 aromatic rings. The summed E-state index contributed by atoms with van der Waals surface area (Å²) < 4.78 is 0. The molecule has 1 amide bonds. The molecule has 0 unspecified atom stereocenters. The minimum absolute atomic E-state index is 0.0403. The number of hydrogen-bond donors (Lipinski definition) is 1. The second-order valence-corrected chi connectivity index (χ2v) is 6.41. The largest absolute Gasteiger partial charge is 0.311 e. The van der Waals surface area contributed by atoms with Crippen molar-refractivity contribution in [3.8, 4) is 0 Å². The average Bonchev–Trinajstić information content (AvgIpc) is 3.05. The number of nitro benzene ring substituents is 1. The van der Waals surface area contributed by atoms with Crippen LogP contribution in [-0.4, -0.2) is 23.1 Å². The number of carbonyl (C=O) groups is 1. The highest BCUT2D eigenvalue weighted by Crippen LogP contribution is 2.42. The van der Waals surface area contributed by atoms with E-state index in [4.69, 9.17) is 0 Å². The van der Waals surface area contributed by atoms with Gasteiger partial charge in [-0.2, -0.15) is 12.6 Å². The van der Waals surface area contributed by atoms with Gasteiger partial charge in [0.15, 0.2) is 0 Å². The van der Waals surface area contributed by atoms with Crippen LogP contribution in [-0.2, 0) is 11.2 Å². The second-order valence-electron chi connectivity index (χ2n) is 6.09. The molecular formula is C15H18N2O3S. The molecule has 1 aliphatic heterocycles. The molecule has 5 nitrogen and oxygen atoms in total. The number of non-ortho nitro benzene ring substituents is 1. The molecular weight excluding hydrogens is 288 g/mol. The third-order valence-electron chi connectivity index (χ3n) is 4.70. The molecule has 0 aromatic heterocycles. The van der Waals surface area contributed by atoms with Gasteiger partial charge < -0.3 is 4.90 Å². The Bertz CT molecular complexity index is 597. The van der Waals surface area contributed by atoms with Crippen LogP contribution in [0, 0.1) is 15.5 Å². The normalized spacial score (nSPS) is 19.9. The van der Waals surface area contributed by atoms with Crippen molar-refractivity contribution in [3.05, 3.63) is 33.9 Å². The van der Waals surface area contributed by atoms with E-state index in [9.17, 15) is 14.9 Å². The number of hydrogen-bond acceptors (Lipinski definition) is 4. The van der Waals surface area contributed by atoms with E-state index in [1.165, 1.54) is 25.0 Å². The number of amides is 1. The van der Waals surface area contributed by atoms with Crippen molar-refractivity contribution in [2.75, 3.05) is 17.2 Å². The van der Waals surface area contributed by atoms with Crippen molar-refractivity contribution in [1.29, 1.82) is 0 Å². The Kier molecular flexibility index (Phi) is 3.65. The second kappa shape index (κ2) is 5.33. The first kappa shape index (κ1) is 14.4. The Morgan fingerprint density at radius 1 is 1.33 bits per heavy atom. The lowest BCUT2D eigenvalue weighted by molar-refractivity contribution is -0.384. The van der Waals surface area contributed by atoms with Crippen LogP contribution in [0.1, 0.15) is 31.2 Å². The summed E-state index contributed by atoms with van der Waals surface area (Å²) in [5, 5.41) is 10.8. The van der Waals surface area contributed by atoms with Crippen LogP contribution < -0.4 is 4.90 Å². The number of carbonyl (C=O) groups excluding carboxylic acids is 1. The van der Waals surface area contributed by atoms with E-state index in [1.54, 1.807) is 11.0 Å². The molecule has 21 heavy (non-hydrogen) atoms. The molecule has 112 valence electrons. The highest BCUT2D eigenvalue weighted by atomic mass is 32.1. The summed E-state index contributed by atoms with van der Waals surface area (Å²) in [6.45, 7) is 0.681. The Hall–Kier alpha value is -1.56. The third-order valence-corrected chi connectivity index (χ3v) is 5.37. The molecule has 3 rings (SSSR count). The molecule has 0 bridgehead atoms. The number of anilines is 1. The van der Waals surface area contributed by atoms with Gasteiger partial charge in [-0.1, -0.05) is 12.8 Å². The van der Waals surface area contributed by atoms with Crippen LogP contribution >= 0.6 is 12.6 Å². The van der Waals surface area contributed by atoms with E-state index in [1.807, 2.05) is 0 Å². The van der Waals surface area contributed by atoms with Crippen LogP contribution in [0.25, 0.3) is 0 Å². The molecule has 0 N–H and O–H groups in total. The summed E-state index contributed by atoms with van der Waals surface area (Å²) >= 11 is 4.49. The SMILES string of the molecule is O=C1Cc2cc([N+](=O)[O-])ccc2N1CC1(CS)CCCC1. The van der Waals surface area contributed by atoms with Crippen LogP contribution in [0.2, 0.25) is 0 Å². The van der Waals surface area contributed by atoms with Gasteiger partial charge in [0.05, 0.1) is 11.3 Å². The minimum atomic E-state index is -0.417. The molecule has 2 aliphatic rings. The zero-order valence-electron chi connectivity index (χ0n) is 11.7. The molecule has 0 atom stereocenters. The van der Waals surface area contributed by atoms with Gasteiger partial charge >= 0.3 is 0 Å². The molecule has 6 heteroatoms. The lowest BCUT2D eigenvalue weighted by Gasteiger charge is -2.32. The van der Waals surface area contributed by atoms with E-state index in [0.29, 0.717) is 6.54 Å². The van der Waals surface area contributed by atoms with E-state index >= 15 is 0 Å². The zero-order valence-corrected chi connectivity index (χ0v) is 12.6. The van der Waals surface area contributed by atoms with Gasteiger partial charge in [-0.3, -0.25) is 14.9 Å². The predicted octanol–water partition coefficient (Wildman–Crippen LogP) is 2.97. The number of benzene rings is 1. The van der Waals surface area contributed by atoms with Gasteiger partial charge in [-0.25, -0.2) is 0 Å². The van der Waals surface area contributed by atoms with Crippen LogP contribution in [0.15, 0.2) is 18.2 Å². The van der Waals surface area contributed by atoms with Crippen molar-refractivity contribution in [2.24, 2.45) is 5.41 Å². The maximum absolute atomic E-state index is 12.3. The lowest BCUT2D eigenvalue weighted by atomic mass is 9.88. The molecule has 0 radical (unpaired) electrons. The fourth-order valence-corrected chi connectivity index (χ4v) is 3.90. The summed E-state index contributed by atoms with van der Waals surface area (Å²) in [6.07, 6.45) is 4.84. The first-order valence-electron chi connectivity index (χ1n) is 7.23. The molecule has 1 saturated carbocycles. The smallest absolute Gasteiger partial charge is 0.269 e. The molecule has 1 heterocycles. The van der Waals surface area contributed by atoms with Crippen molar-refractivity contribution in [1.82, 2.24) is 0 Å². The Labute approximate surface area is 128 Å². The maximum atomic E-state index is 12.3. The molecule has 1 aromatic carbocycles. The predicted molar refractivity (Wildman–Crippen MR) is 83.9 cm³/mol. The fraction of sp³-hybridized carbons (Fsp3) is 0.533. The van der Waals surface area contributed by atoms with Gasteiger partial charge in [0.2, 0.25) is 5.91 Å². The molecule has 1 fully saturated rings. The monoisotopic (exact) mass is 306 g/mol. The molecule has 1 aliphatic carbocycles. The van der Waals surface area contributed by atoms with Crippen LogP contribution in [0.5, 0.6) is 0 Å². The van der Waals surface area contributed by atoms with Gasteiger partial charge in [-0.05, 0) is 35.6 Å². The summed E-state index contributed by atoms with van der Waals surface area (Å²) in [4.78, 5) is 24.5. The summed E-state index contributed by atoms with van der Waals surface area (Å²) in [6, 6.07) is 4.71. The van der Waals surface area contributed by atoms with Crippen molar-refractivity contribution in [2.45, 2.75) is 32.1 Å². The summed E-state index contributed by atoms with van der Waals surface area (Å²) in [5.74, 6) is 0.817. The first-order valence-corrected chi connectivity index (χ1v) is 7.86. The molecule has 0 spiro atoms. The maximum Gasteiger partial charge on any atom is 0.269 e. The van der Waals surface area contributed by atoms with E-state index in [2.05, 4.69) is 12.6 Å². The average molecular weight is 306 g/mol. The van der Waals surface area contributed by atoms with Crippen molar-refractivity contribution in [3.63, 3.8) is 0 Å². The highest BCUT2D eigenvalue weighted by molar-refractivity contribution is 7.80. The van der Waals surface area contributed by atoms with Gasteiger partial charge in [0, 0.05) is 24.4 Å². The lowest BCUT2D eigenvalue weighted by Crippen LogP contribution is -2.39. The standard InChI is InChI=1S/C15H18N2O3S/c18-14-8-11-7-12(17(19)20)3-4-13(11)16(14)9-15(10-21)5-1-2-6-15/h3-4,7,21H,1-2,5-6,8-10H2. The van der Waals surface area contributed by atoms with Gasteiger partial charge in [-0.15, -0.1) is 0 Å². The van der Waals surface area contributed by atoms with E-state index in [-0.39, 0.29) is 23.4 Å². The number of thiol groups is 1. The Morgan fingerprint density at radius 3 is 2.67 bits per heavy atom. The topological polar surface area (TPSA) is 63.4 Å².